The van der Waals surface area contributed by atoms with Crippen LogP contribution in [0.25, 0.3) is 11.2 Å². The van der Waals surface area contributed by atoms with Gasteiger partial charge in [0.1, 0.15) is 0 Å². The molecule has 3 heterocycles. The van der Waals surface area contributed by atoms with Crippen LogP contribution in [0.2, 0.25) is 0 Å². The van der Waals surface area contributed by atoms with E-state index in [1.807, 2.05) is 12.3 Å². The van der Waals surface area contributed by atoms with E-state index < -0.39 is 0 Å². The van der Waals surface area contributed by atoms with Gasteiger partial charge in [-0.25, -0.2) is 4.98 Å². The molecule has 18 heavy (non-hydrogen) atoms. The molecule has 0 amide bonds. The summed E-state index contributed by atoms with van der Waals surface area (Å²) in [4.78, 5) is 7.72. The minimum absolute atomic E-state index is 0.738. The van der Waals surface area contributed by atoms with E-state index in [0.29, 0.717) is 0 Å². The molecular formula is C12H14BrN3S2. The van der Waals surface area contributed by atoms with Gasteiger partial charge in [0.05, 0.1) is 5.52 Å². The number of hydrogen-bond acceptors (Lipinski definition) is 3. The van der Waals surface area contributed by atoms with Crippen LogP contribution in [0.5, 0.6) is 0 Å². The predicted molar refractivity (Wildman–Crippen MR) is 82.7 cm³/mol. The minimum Gasteiger partial charge on any atom is -0.329 e. The molecular weight excluding hydrogens is 330 g/mol. The van der Waals surface area contributed by atoms with Crippen molar-refractivity contribution in [3.8, 4) is 0 Å². The molecule has 0 bridgehead atoms. The minimum atomic E-state index is 0.738. The molecule has 6 heteroatoms. The summed E-state index contributed by atoms with van der Waals surface area (Å²) < 4.78 is 3.92. The predicted octanol–water partition coefficient (Wildman–Crippen LogP) is 4.00. The summed E-state index contributed by atoms with van der Waals surface area (Å²) in [6.45, 7) is 0.994. The lowest BCUT2D eigenvalue weighted by Crippen LogP contribution is -2.16. The standard InChI is InChI=1S/C12H14BrN3S2/c13-9-5-10-11(14-6-9)16(12(17)15-10)7-8-1-3-18-4-2-8/h5-6,8H,1-4,7H2,(H,15,17). The van der Waals surface area contributed by atoms with Crippen molar-refractivity contribution >= 4 is 51.1 Å². The first kappa shape index (κ1) is 12.7. The lowest BCUT2D eigenvalue weighted by Gasteiger charge is -2.21. The van der Waals surface area contributed by atoms with Crippen LogP contribution in [0.15, 0.2) is 16.7 Å². The Labute approximate surface area is 124 Å². The van der Waals surface area contributed by atoms with Crippen molar-refractivity contribution in [1.29, 1.82) is 0 Å². The Bertz CT molecular complexity index is 613. The van der Waals surface area contributed by atoms with Crippen LogP contribution in [0.1, 0.15) is 12.8 Å². The molecule has 0 radical (unpaired) electrons. The van der Waals surface area contributed by atoms with Gasteiger partial charge in [-0.3, -0.25) is 0 Å². The van der Waals surface area contributed by atoms with Crippen LogP contribution in [-0.2, 0) is 6.54 Å². The lowest BCUT2D eigenvalue weighted by molar-refractivity contribution is 0.419. The Morgan fingerprint density at radius 1 is 1.50 bits per heavy atom. The highest BCUT2D eigenvalue weighted by Gasteiger charge is 2.16. The van der Waals surface area contributed by atoms with Crippen LogP contribution in [-0.4, -0.2) is 26.0 Å². The molecule has 0 aliphatic carbocycles. The molecule has 2 aromatic rings. The maximum absolute atomic E-state index is 5.41. The van der Waals surface area contributed by atoms with Crippen molar-refractivity contribution in [3.63, 3.8) is 0 Å². The number of imidazole rings is 1. The van der Waals surface area contributed by atoms with E-state index in [1.54, 1.807) is 0 Å². The van der Waals surface area contributed by atoms with Crippen molar-refractivity contribution in [1.82, 2.24) is 14.5 Å². The molecule has 1 aliphatic rings. The summed E-state index contributed by atoms with van der Waals surface area (Å²) in [5.41, 5.74) is 1.99. The molecule has 1 N–H and O–H groups in total. The number of aromatic amines is 1. The molecule has 0 saturated carbocycles. The van der Waals surface area contributed by atoms with Gasteiger partial charge in [-0.2, -0.15) is 11.8 Å². The van der Waals surface area contributed by atoms with Crippen LogP contribution < -0.4 is 0 Å². The Kier molecular flexibility index (Phi) is 3.77. The maximum Gasteiger partial charge on any atom is 0.179 e. The first-order valence-electron chi connectivity index (χ1n) is 6.06. The fourth-order valence-electron chi connectivity index (χ4n) is 2.37. The highest BCUT2D eigenvalue weighted by molar-refractivity contribution is 9.10. The zero-order chi connectivity index (χ0) is 12.5. The monoisotopic (exact) mass is 343 g/mol. The first-order valence-corrected chi connectivity index (χ1v) is 8.41. The summed E-state index contributed by atoms with van der Waals surface area (Å²) in [5, 5.41) is 0. The summed E-state index contributed by atoms with van der Waals surface area (Å²) in [5.74, 6) is 3.29. The van der Waals surface area contributed by atoms with E-state index in [-0.39, 0.29) is 0 Å². The fourth-order valence-corrected chi connectivity index (χ4v) is 4.18. The van der Waals surface area contributed by atoms with Gasteiger partial charge >= 0.3 is 0 Å². The van der Waals surface area contributed by atoms with Gasteiger partial charge in [-0.15, -0.1) is 0 Å². The second kappa shape index (κ2) is 5.35. The summed E-state index contributed by atoms with van der Waals surface area (Å²) in [7, 11) is 0. The SMILES string of the molecule is S=c1[nH]c2cc(Br)cnc2n1CC1CCSCC1. The van der Waals surface area contributed by atoms with Gasteiger partial charge in [0.2, 0.25) is 0 Å². The van der Waals surface area contributed by atoms with Gasteiger partial charge in [-0.1, -0.05) is 0 Å². The molecule has 3 nitrogen and oxygen atoms in total. The van der Waals surface area contributed by atoms with E-state index in [2.05, 4.69) is 42.2 Å². The quantitative estimate of drug-likeness (QED) is 0.836. The molecule has 1 aliphatic heterocycles. The van der Waals surface area contributed by atoms with Crippen LogP contribution in [0.3, 0.4) is 0 Å². The molecule has 1 fully saturated rings. The topological polar surface area (TPSA) is 33.6 Å². The smallest absolute Gasteiger partial charge is 0.179 e. The number of thioether (sulfide) groups is 1. The van der Waals surface area contributed by atoms with Crippen molar-refractivity contribution in [3.05, 3.63) is 21.5 Å². The van der Waals surface area contributed by atoms with Crippen LogP contribution in [0, 0.1) is 10.7 Å². The van der Waals surface area contributed by atoms with Gasteiger partial charge in [-0.05, 0) is 64.5 Å². The Morgan fingerprint density at radius 2 is 2.28 bits per heavy atom. The molecule has 0 atom stereocenters. The van der Waals surface area contributed by atoms with Crippen molar-refractivity contribution in [2.75, 3.05) is 11.5 Å². The number of fused-ring (bicyclic) bond motifs is 1. The largest absolute Gasteiger partial charge is 0.329 e. The van der Waals surface area contributed by atoms with E-state index in [4.69, 9.17) is 12.2 Å². The highest BCUT2D eigenvalue weighted by atomic mass is 79.9. The fraction of sp³-hybridized carbons (Fsp3) is 0.500. The number of H-pyrrole nitrogens is 1. The number of nitrogens with zero attached hydrogens (tertiary/aromatic N) is 2. The molecule has 0 unspecified atom stereocenters. The van der Waals surface area contributed by atoms with Gasteiger partial charge in [0.15, 0.2) is 10.4 Å². The average molecular weight is 344 g/mol. The Balaban J connectivity index is 1.95. The third-order valence-electron chi connectivity index (χ3n) is 3.36. The van der Waals surface area contributed by atoms with E-state index in [0.717, 1.165) is 32.9 Å². The van der Waals surface area contributed by atoms with Crippen molar-refractivity contribution in [2.24, 2.45) is 5.92 Å². The van der Waals surface area contributed by atoms with Crippen LogP contribution in [0.4, 0.5) is 0 Å². The Morgan fingerprint density at radius 3 is 3.06 bits per heavy atom. The van der Waals surface area contributed by atoms with E-state index in [1.165, 1.54) is 24.3 Å². The third kappa shape index (κ3) is 2.51. The van der Waals surface area contributed by atoms with Gasteiger partial charge in [0.25, 0.3) is 0 Å². The van der Waals surface area contributed by atoms with Crippen LogP contribution >= 0.6 is 39.9 Å². The number of pyridine rings is 1. The van der Waals surface area contributed by atoms with E-state index in [9.17, 15) is 0 Å². The molecule has 0 aromatic carbocycles. The molecule has 2 aromatic heterocycles. The lowest BCUT2D eigenvalue weighted by atomic mass is 10.0. The number of hydrogen-bond donors (Lipinski definition) is 1. The normalized spacial score (nSPS) is 17.4. The highest BCUT2D eigenvalue weighted by Crippen LogP contribution is 2.26. The first-order chi connectivity index (χ1) is 8.74. The Hall–Kier alpha value is -0.330. The number of halogens is 1. The van der Waals surface area contributed by atoms with Crippen molar-refractivity contribution < 1.29 is 0 Å². The number of rotatable bonds is 2. The maximum atomic E-state index is 5.41. The second-order valence-electron chi connectivity index (χ2n) is 4.62. The number of nitrogens with one attached hydrogen (secondary N) is 1. The van der Waals surface area contributed by atoms with Gasteiger partial charge < -0.3 is 9.55 Å². The zero-order valence-electron chi connectivity index (χ0n) is 9.86. The third-order valence-corrected chi connectivity index (χ3v) is 5.16. The summed E-state index contributed by atoms with van der Waals surface area (Å²) in [6, 6.07) is 2.03. The molecule has 3 rings (SSSR count). The molecule has 0 spiro atoms. The summed E-state index contributed by atoms with van der Waals surface area (Å²) >= 11 is 10.9. The summed E-state index contributed by atoms with van der Waals surface area (Å²) in [6.07, 6.45) is 4.41. The molecule has 96 valence electrons. The van der Waals surface area contributed by atoms with Crippen molar-refractivity contribution in [2.45, 2.75) is 19.4 Å². The average Bonchev–Trinajstić information content (AvgIpc) is 2.66. The zero-order valence-corrected chi connectivity index (χ0v) is 13.1. The van der Waals surface area contributed by atoms with E-state index >= 15 is 0 Å². The van der Waals surface area contributed by atoms with Gasteiger partial charge in [0, 0.05) is 17.2 Å². The number of aromatic nitrogens is 3. The second-order valence-corrected chi connectivity index (χ2v) is 7.15. The molecule has 1 saturated heterocycles.